The van der Waals surface area contributed by atoms with Gasteiger partial charge in [0.15, 0.2) is 0 Å². The first kappa shape index (κ1) is 15.0. The number of hydroxylamine groups is 1. The van der Waals surface area contributed by atoms with E-state index < -0.39 is 16.9 Å². The van der Waals surface area contributed by atoms with Crippen molar-refractivity contribution in [1.82, 2.24) is 5.48 Å². The smallest absolute Gasteiger partial charge is 0.267 e. The molecule has 1 unspecified atom stereocenters. The summed E-state index contributed by atoms with van der Waals surface area (Å²) < 4.78 is 15.1. The molecule has 3 N–H and O–H groups in total. The maximum Gasteiger partial charge on any atom is 0.267 e. The molecule has 5 nitrogen and oxygen atoms in total. The molecule has 1 amide bonds. The average Bonchev–Trinajstić information content (AvgIpc) is 2.53. The molecule has 2 aromatic rings. The van der Waals surface area contributed by atoms with Gasteiger partial charge in [0.05, 0.1) is 4.90 Å². The van der Waals surface area contributed by atoms with Crippen LogP contribution in [0.4, 0.5) is 5.69 Å². The Morgan fingerprint density at radius 1 is 1.10 bits per heavy atom. The van der Waals surface area contributed by atoms with E-state index in [2.05, 4.69) is 4.72 Å². The van der Waals surface area contributed by atoms with E-state index in [-0.39, 0.29) is 0 Å². The van der Waals surface area contributed by atoms with Crippen molar-refractivity contribution in [1.29, 1.82) is 0 Å². The van der Waals surface area contributed by atoms with Crippen LogP contribution >= 0.6 is 0 Å². The molecule has 21 heavy (non-hydrogen) atoms. The first-order chi connectivity index (χ1) is 10.2. The number of para-hydroxylation sites is 1. The molecule has 0 aromatic heterocycles. The van der Waals surface area contributed by atoms with Crippen molar-refractivity contribution in [3.63, 3.8) is 0 Å². The number of benzene rings is 2. The van der Waals surface area contributed by atoms with Gasteiger partial charge in [0.2, 0.25) is 0 Å². The van der Waals surface area contributed by atoms with E-state index in [0.717, 1.165) is 5.69 Å². The molecule has 0 heterocycles. The molecule has 0 saturated heterocycles. The SMILES string of the molecule is O=C(/C=C/c1cccc(S(=O)Nc2ccccc2)c1)NO. The summed E-state index contributed by atoms with van der Waals surface area (Å²) >= 11 is 0. The summed E-state index contributed by atoms with van der Waals surface area (Å²) in [5, 5.41) is 8.41. The number of hydrogen-bond donors (Lipinski definition) is 3. The molecule has 0 bridgehead atoms. The number of hydrogen-bond acceptors (Lipinski definition) is 3. The van der Waals surface area contributed by atoms with E-state index in [1.54, 1.807) is 24.3 Å². The Balaban J connectivity index is 2.11. The Labute approximate surface area is 124 Å². The lowest BCUT2D eigenvalue weighted by atomic mass is 10.2. The van der Waals surface area contributed by atoms with E-state index in [9.17, 15) is 9.00 Å². The highest BCUT2D eigenvalue weighted by Crippen LogP contribution is 2.14. The van der Waals surface area contributed by atoms with Crippen LogP contribution in [-0.4, -0.2) is 15.3 Å². The van der Waals surface area contributed by atoms with E-state index in [4.69, 9.17) is 5.21 Å². The van der Waals surface area contributed by atoms with Gasteiger partial charge in [-0.2, -0.15) is 0 Å². The lowest BCUT2D eigenvalue weighted by Crippen LogP contribution is -2.14. The van der Waals surface area contributed by atoms with Crippen LogP contribution in [0, 0.1) is 0 Å². The van der Waals surface area contributed by atoms with Gasteiger partial charge in [0, 0.05) is 11.8 Å². The van der Waals surface area contributed by atoms with Gasteiger partial charge in [-0.1, -0.05) is 30.3 Å². The van der Waals surface area contributed by atoms with Gasteiger partial charge in [0.25, 0.3) is 5.91 Å². The minimum absolute atomic E-state index is 0.588. The van der Waals surface area contributed by atoms with Crippen LogP contribution in [0.3, 0.4) is 0 Å². The van der Waals surface area contributed by atoms with Crippen molar-refractivity contribution in [3.05, 3.63) is 66.2 Å². The highest BCUT2D eigenvalue weighted by molar-refractivity contribution is 7.86. The molecule has 0 aliphatic heterocycles. The van der Waals surface area contributed by atoms with Gasteiger partial charge < -0.3 is 4.72 Å². The zero-order valence-electron chi connectivity index (χ0n) is 11.0. The molecule has 1 atom stereocenters. The van der Waals surface area contributed by atoms with Crippen LogP contribution in [0.15, 0.2) is 65.6 Å². The highest BCUT2D eigenvalue weighted by atomic mass is 32.2. The highest BCUT2D eigenvalue weighted by Gasteiger charge is 2.04. The standard InChI is InChI=1S/C15H14N2O3S/c18-15(16-19)10-9-12-5-4-8-14(11-12)21(20)17-13-6-2-1-3-7-13/h1-11,17,19H,(H,16,18)/b10-9+. The van der Waals surface area contributed by atoms with Crippen molar-refractivity contribution < 1.29 is 14.2 Å². The van der Waals surface area contributed by atoms with Crippen molar-refractivity contribution in [2.45, 2.75) is 4.90 Å². The van der Waals surface area contributed by atoms with Crippen LogP contribution in [0.2, 0.25) is 0 Å². The average molecular weight is 302 g/mol. The minimum atomic E-state index is -1.39. The number of anilines is 1. The first-order valence-electron chi connectivity index (χ1n) is 6.15. The third-order valence-corrected chi connectivity index (χ3v) is 3.70. The van der Waals surface area contributed by atoms with Crippen molar-refractivity contribution in [2.75, 3.05) is 4.72 Å². The van der Waals surface area contributed by atoms with Gasteiger partial charge >= 0.3 is 0 Å². The van der Waals surface area contributed by atoms with Crippen molar-refractivity contribution >= 4 is 28.7 Å². The molecule has 2 rings (SSSR count). The Bertz CT molecular complexity index is 672. The Kier molecular flexibility index (Phi) is 5.25. The predicted octanol–water partition coefficient (Wildman–Crippen LogP) is 2.34. The van der Waals surface area contributed by atoms with Crippen LogP contribution in [0.1, 0.15) is 5.56 Å². The third kappa shape index (κ3) is 4.55. The zero-order chi connectivity index (χ0) is 15.1. The molecule has 0 radical (unpaired) electrons. The van der Waals surface area contributed by atoms with Crippen LogP contribution < -0.4 is 10.2 Å². The molecule has 108 valence electrons. The fourth-order valence-electron chi connectivity index (χ4n) is 1.61. The summed E-state index contributed by atoms with van der Waals surface area (Å²) in [4.78, 5) is 11.5. The monoisotopic (exact) mass is 302 g/mol. The number of carbonyl (C=O) groups is 1. The molecule has 0 spiro atoms. The lowest BCUT2D eigenvalue weighted by molar-refractivity contribution is -0.124. The number of carbonyl (C=O) groups excluding carboxylic acids is 1. The van der Waals surface area contributed by atoms with Crippen molar-refractivity contribution in [2.24, 2.45) is 0 Å². The molecule has 2 aromatic carbocycles. The molecule has 0 aliphatic carbocycles. The second-order valence-electron chi connectivity index (χ2n) is 4.12. The fourth-order valence-corrected chi connectivity index (χ4v) is 2.53. The minimum Gasteiger partial charge on any atom is -0.301 e. The summed E-state index contributed by atoms with van der Waals surface area (Å²) in [5.41, 5.74) is 2.98. The Morgan fingerprint density at radius 2 is 1.86 bits per heavy atom. The normalized spacial score (nSPS) is 12.0. The van der Waals surface area contributed by atoms with Gasteiger partial charge in [0.1, 0.15) is 11.0 Å². The Morgan fingerprint density at radius 3 is 2.57 bits per heavy atom. The summed E-state index contributed by atoms with van der Waals surface area (Å²) in [7, 11) is -1.39. The van der Waals surface area contributed by atoms with E-state index in [1.807, 2.05) is 30.3 Å². The van der Waals surface area contributed by atoms with E-state index in [1.165, 1.54) is 17.6 Å². The predicted molar refractivity (Wildman–Crippen MR) is 81.9 cm³/mol. The van der Waals surface area contributed by atoms with Gasteiger partial charge in [-0.25, -0.2) is 9.69 Å². The quantitative estimate of drug-likeness (QED) is 0.450. The molecule has 6 heteroatoms. The Hall–Kier alpha value is -2.44. The summed E-state index contributed by atoms with van der Waals surface area (Å²) in [6.45, 7) is 0. The lowest BCUT2D eigenvalue weighted by Gasteiger charge is -2.06. The number of rotatable bonds is 5. The van der Waals surface area contributed by atoms with Gasteiger partial charge in [-0.05, 0) is 35.9 Å². The first-order valence-corrected chi connectivity index (χ1v) is 7.30. The summed E-state index contributed by atoms with van der Waals surface area (Å²) in [6.07, 6.45) is 2.71. The maximum absolute atomic E-state index is 12.2. The summed E-state index contributed by atoms with van der Waals surface area (Å²) in [6, 6.07) is 16.2. The second-order valence-corrected chi connectivity index (χ2v) is 5.33. The van der Waals surface area contributed by atoms with Crippen molar-refractivity contribution in [3.8, 4) is 0 Å². The second kappa shape index (κ2) is 7.37. The number of amides is 1. The van der Waals surface area contributed by atoms with Crippen LogP contribution in [0.5, 0.6) is 0 Å². The van der Waals surface area contributed by atoms with Gasteiger partial charge in [-0.3, -0.25) is 10.0 Å². The molecule has 0 fully saturated rings. The molecular formula is C15H14N2O3S. The van der Waals surface area contributed by atoms with E-state index >= 15 is 0 Å². The largest absolute Gasteiger partial charge is 0.301 e. The van der Waals surface area contributed by atoms with Crippen LogP contribution in [0.25, 0.3) is 6.08 Å². The molecular weight excluding hydrogens is 288 g/mol. The summed E-state index contributed by atoms with van der Waals surface area (Å²) in [5.74, 6) is -0.621. The van der Waals surface area contributed by atoms with Crippen LogP contribution in [-0.2, 0) is 15.8 Å². The molecule has 0 saturated carbocycles. The van der Waals surface area contributed by atoms with Gasteiger partial charge in [-0.15, -0.1) is 0 Å². The van der Waals surface area contributed by atoms with E-state index in [0.29, 0.717) is 10.5 Å². The fraction of sp³-hybridized carbons (Fsp3) is 0. The number of nitrogens with one attached hydrogen (secondary N) is 2. The topological polar surface area (TPSA) is 78.4 Å². The zero-order valence-corrected chi connectivity index (χ0v) is 11.8. The molecule has 0 aliphatic rings. The maximum atomic E-state index is 12.2. The third-order valence-electron chi connectivity index (χ3n) is 2.59.